The number of ether oxygens (including phenoxy) is 13. The summed E-state index contributed by atoms with van der Waals surface area (Å²) >= 11 is 0. The molecule has 0 aromatic carbocycles. The van der Waals surface area contributed by atoms with E-state index in [9.17, 15) is 91.6 Å². The van der Waals surface area contributed by atoms with Crippen LogP contribution < -0.4 is 10.6 Å². The van der Waals surface area contributed by atoms with Crippen molar-refractivity contribution in [3.05, 3.63) is 11.6 Å². The Morgan fingerprint density at radius 3 is 1.31 bits per heavy atom. The van der Waals surface area contributed by atoms with Gasteiger partial charge in [-0.25, -0.2) is 4.79 Å². The molecule has 0 spiro atoms. The number of aliphatic hydroxyl groups is 17. The molecule has 4 aliphatic carbocycles. The van der Waals surface area contributed by atoms with Crippen molar-refractivity contribution in [3.63, 3.8) is 0 Å². The molecule has 0 radical (unpaired) electrons. The summed E-state index contributed by atoms with van der Waals surface area (Å²) in [5.74, 6) is 4.28. The zero-order valence-corrected chi connectivity index (χ0v) is 62.4. The highest BCUT2D eigenvalue weighted by atomic mass is 16.8. The van der Waals surface area contributed by atoms with Gasteiger partial charge in [0.2, 0.25) is 0 Å². The largest absolute Gasteiger partial charge is 0.446 e. The molecule has 22 saturated heterocycles. The highest BCUT2D eigenvalue weighted by Gasteiger charge is 2.62. The number of likely N-dealkylation sites (N-methyl/N-ethyl adjacent to an activating group) is 2. The smallest absolute Gasteiger partial charge is 0.410 e. The van der Waals surface area contributed by atoms with Gasteiger partial charge in [-0.2, -0.15) is 0 Å². The number of fused-ring (bicyclic) bond motifs is 5. The van der Waals surface area contributed by atoms with E-state index in [1.165, 1.54) is 50.5 Å². The summed E-state index contributed by atoms with van der Waals surface area (Å²) in [4.78, 5) is 17.9. The van der Waals surface area contributed by atoms with E-state index in [1.807, 2.05) is 19.0 Å². The van der Waals surface area contributed by atoms with Crippen LogP contribution in [0.15, 0.2) is 11.6 Å². The summed E-state index contributed by atoms with van der Waals surface area (Å²) in [6.07, 6.45) is -44.0. The normalized spacial score (nSPS) is 47.9. The SMILES string of the molecule is CNCCN(CCN(C)CCNCC1OC2OC3C(CO)OC(OC4C(CO)OC(OC5C(CO)OC(OC6C(CO)OC(OC7C(CO)OC(OC1C(O)C2O)C(O)C7O)C(O)C6O)C(O)C5O)C(O)C4O)C(O)C3O)C(=O)OC1CC[C@@]2(C)C(=CC[C@H]3[C@@H]4CC[C@H]([C@H](C)CCCC(C)C)[C@@]4(C)CC[C@@H]32)C1. The summed E-state index contributed by atoms with van der Waals surface area (Å²) in [5.41, 5.74) is 1.89. The van der Waals surface area contributed by atoms with E-state index >= 15 is 0 Å². The van der Waals surface area contributed by atoms with Gasteiger partial charge in [-0.3, -0.25) is 0 Å². The average molecular weight is 1540 g/mol. The first-order valence-electron chi connectivity index (χ1n) is 38.8. The summed E-state index contributed by atoms with van der Waals surface area (Å²) in [5, 5.41) is 199. The fourth-order valence-electron chi connectivity index (χ4n) is 19.4. The van der Waals surface area contributed by atoms with Crippen LogP contribution in [0.4, 0.5) is 4.79 Å². The molecule has 25 fully saturated rings. The molecule has 19 N–H and O–H groups in total. The van der Waals surface area contributed by atoms with Crippen LogP contribution in [0.5, 0.6) is 0 Å². The van der Waals surface area contributed by atoms with E-state index in [0.717, 1.165) is 49.4 Å². The maximum Gasteiger partial charge on any atom is 0.410 e. The summed E-state index contributed by atoms with van der Waals surface area (Å²) < 4.78 is 77.4. The van der Waals surface area contributed by atoms with Gasteiger partial charge in [-0.1, -0.05) is 65.5 Å². The highest BCUT2D eigenvalue weighted by Crippen LogP contribution is 2.67. The standard InChI is InChI=1S/C72H124N4O31/c1-32(2)9-8-10-33(3)37-13-14-38-36-12-11-34-25-35(15-17-71(34,4)39(36)16-18-72(37,38)5)95-70(94)76(22-19-73-6)24-23-75(7)21-20-74-26-40-58-46(82)52(88)64(96-40)103-59-41(27-77)98-66(54(90)48(59)84)105-61-43(29-79)100-68(56(92)50(61)86)107-63-45(31-81)101-69(57(93)51(63)87)106-62-44(30-80)99-67(55(91)49(62)85)104-60-42(28-78)97-65(102-58)53(89)47(60)83/h11,32-33,35-69,73-74,77-93H,8-10,12-31H2,1-7H3/t33-,35?,36+,37-,38+,39+,40?,41?,42?,43?,44?,45?,46?,47?,48?,49?,50?,51?,52?,53?,54?,55?,56?,57?,58?,59?,60?,61?,62?,63?,64?,65?,66?,67?,68?,69?,71+,72-/m1/s1. The Kier molecular flexibility index (Phi) is 29.7. The van der Waals surface area contributed by atoms with E-state index in [2.05, 4.69) is 51.3 Å². The predicted molar refractivity (Wildman–Crippen MR) is 368 cm³/mol. The van der Waals surface area contributed by atoms with Gasteiger partial charge < -0.3 is 169 Å². The van der Waals surface area contributed by atoms with Crippen molar-refractivity contribution in [3.8, 4) is 0 Å². The fourth-order valence-corrected chi connectivity index (χ4v) is 19.4. The van der Waals surface area contributed by atoms with E-state index < -0.39 is 223 Å². The molecule has 22 heterocycles. The lowest BCUT2D eigenvalue weighted by atomic mass is 9.47. The number of aliphatic hydroxyl groups excluding tert-OH is 17. The fraction of sp³-hybridized carbons (Fsp3) is 0.958. The van der Waals surface area contributed by atoms with Crippen molar-refractivity contribution in [2.75, 3.05) is 92.9 Å². The molecule has 107 heavy (non-hydrogen) atoms. The second-order valence-electron chi connectivity index (χ2n) is 32.8. The third-order valence-corrected chi connectivity index (χ3v) is 25.7. The Hall–Kier alpha value is -2.27. The summed E-state index contributed by atoms with van der Waals surface area (Å²) in [7, 11) is 3.66. The third-order valence-electron chi connectivity index (χ3n) is 25.7. The predicted octanol–water partition coefficient (Wildman–Crippen LogP) is -5.46. The van der Waals surface area contributed by atoms with Gasteiger partial charge in [0.1, 0.15) is 153 Å². The van der Waals surface area contributed by atoms with Crippen molar-refractivity contribution < 1.29 is 153 Å². The Balaban J connectivity index is 0.760. The number of carbonyl (C=O) groups is 1. The van der Waals surface area contributed by atoms with Gasteiger partial charge in [-0.15, -0.1) is 0 Å². The number of rotatable bonds is 22. The maximum atomic E-state index is 14.2. The second-order valence-corrected chi connectivity index (χ2v) is 32.8. The monoisotopic (exact) mass is 1540 g/mol. The minimum Gasteiger partial charge on any atom is -0.446 e. The van der Waals surface area contributed by atoms with Crippen molar-refractivity contribution in [2.24, 2.45) is 46.3 Å². The van der Waals surface area contributed by atoms with E-state index in [0.29, 0.717) is 50.0 Å². The first kappa shape index (κ1) is 85.6. The first-order chi connectivity index (χ1) is 51.0. The van der Waals surface area contributed by atoms with Gasteiger partial charge in [0.25, 0.3) is 0 Å². The first-order valence-corrected chi connectivity index (χ1v) is 38.8. The van der Waals surface area contributed by atoms with Gasteiger partial charge in [0.15, 0.2) is 37.7 Å². The van der Waals surface area contributed by atoms with Crippen molar-refractivity contribution >= 4 is 6.09 Å². The van der Waals surface area contributed by atoms with Crippen molar-refractivity contribution in [1.29, 1.82) is 0 Å². The van der Waals surface area contributed by atoms with Gasteiger partial charge >= 0.3 is 6.09 Å². The lowest BCUT2D eigenvalue weighted by Crippen LogP contribution is -2.69. The summed E-state index contributed by atoms with van der Waals surface area (Å²) in [6.45, 7) is 9.15. The molecule has 22 aliphatic heterocycles. The van der Waals surface area contributed by atoms with E-state index in [-0.39, 0.29) is 24.6 Å². The minimum atomic E-state index is -2.17. The average Bonchev–Trinajstić information content (AvgIpc) is 1.62. The molecule has 0 aromatic heterocycles. The molecule has 35 heteroatoms. The lowest BCUT2D eigenvalue weighted by Gasteiger charge is -2.58. The molecule has 31 unspecified atom stereocenters. The zero-order chi connectivity index (χ0) is 77.2. The second kappa shape index (κ2) is 37.1. The highest BCUT2D eigenvalue weighted by molar-refractivity contribution is 5.68. The molecule has 0 aromatic rings. The molecule has 38 atom stereocenters. The maximum absolute atomic E-state index is 14.2. The van der Waals surface area contributed by atoms with Gasteiger partial charge in [0.05, 0.1) is 33.0 Å². The Bertz CT molecular complexity index is 2800. The molecule has 12 bridgehead atoms. The molecule has 26 rings (SSSR count). The molecular formula is C72H124N4O31. The van der Waals surface area contributed by atoms with Crippen LogP contribution in [0, 0.1) is 46.3 Å². The van der Waals surface area contributed by atoms with E-state index in [4.69, 9.17) is 61.6 Å². The number of nitrogens with one attached hydrogen (secondary N) is 2. The van der Waals surface area contributed by atoms with Crippen LogP contribution >= 0.6 is 0 Å². The van der Waals surface area contributed by atoms with Crippen LogP contribution in [-0.4, -0.2) is 386 Å². The van der Waals surface area contributed by atoms with Crippen molar-refractivity contribution in [2.45, 2.75) is 296 Å². The van der Waals surface area contributed by atoms with Crippen LogP contribution in [0.2, 0.25) is 0 Å². The quantitative estimate of drug-likeness (QED) is 0.0355. The number of hydrogen-bond acceptors (Lipinski definition) is 34. The van der Waals surface area contributed by atoms with Crippen molar-refractivity contribution in [1.82, 2.24) is 20.4 Å². The minimum absolute atomic E-state index is 0.0763. The Morgan fingerprint density at radius 1 is 0.495 bits per heavy atom. The van der Waals surface area contributed by atoms with Gasteiger partial charge in [-0.05, 0) is 105 Å². The molecule has 26 aliphatic rings. The van der Waals surface area contributed by atoms with Crippen LogP contribution in [0.25, 0.3) is 0 Å². The number of amides is 1. The topological polar surface area (TPSA) is 512 Å². The molecular weight excluding hydrogens is 1420 g/mol. The van der Waals surface area contributed by atoms with Gasteiger partial charge in [0, 0.05) is 52.2 Å². The molecule has 1 amide bonds. The zero-order valence-electron chi connectivity index (χ0n) is 62.4. The Morgan fingerprint density at radius 2 is 0.907 bits per heavy atom. The van der Waals surface area contributed by atoms with Crippen LogP contribution in [0.1, 0.15) is 105 Å². The van der Waals surface area contributed by atoms with E-state index in [1.54, 1.807) is 4.90 Å². The summed E-state index contributed by atoms with van der Waals surface area (Å²) in [6, 6.07) is 0. The number of allylic oxidation sites excluding steroid dienone is 1. The number of hydrogen-bond donors (Lipinski definition) is 19. The molecule has 3 saturated carbocycles. The molecule has 618 valence electrons. The lowest BCUT2D eigenvalue weighted by molar-refractivity contribution is -0.403. The third kappa shape index (κ3) is 18.1. The van der Waals surface area contributed by atoms with Crippen LogP contribution in [-0.2, 0) is 61.6 Å². The van der Waals surface area contributed by atoms with Crippen LogP contribution in [0.3, 0.4) is 0 Å². The molecule has 35 nitrogen and oxygen atoms in total. The Labute approximate surface area is 624 Å². The number of nitrogens with zero attached hydrogens (tertiary/aromatic N) is 2. The number of carbonyl (C=O) groups excluding carboxylic acids is 1.